The van der Waals surface area contributed by atoms with Gasteiger partial charge in [-0.1, -0.05) is 54.2 Å². The molecule has 2 aromatic carbocycles. The zero-order chi connectivity index (χ0) is 19.0. The van der Waals surface area contributed by atoms with Crippen LogP contribution in [0.5, 0.6) is 0 Å². The summed E-state index contributed by atoms with van der Waals surface area (Å²) in [6.45, 7) is 0. The molecule has 1 aliphatic carbocycles. The first-order chi connectivity index (χ1) is 13.0. The fourth-order valence-electron chi connectivity index (χ4n) is 2.88. The van der Waals surface area contributed by atoms with Gasteiger partial charge in [0.1, 0.15) is 9.90 Å². The van der Waals surface area contributed by atoms with Crippen molar-refractivity contribution >= 4 is 40.7 Å². The monoisotopic (exact) mass is 421 g/mol. The molecule has 2 atom stereocenters. The second kappa shape index (κ2) is 7.14. The Kier molecular flexibility index (Phi) is 4.84. The maximum absolute atomic E-state index is 11.2. The standard InChI is InChI=1S/C18H13Cl2N3O3S/c19-18(20)10-13(18)15(11-6-2-1-3-7-11)27-17-22-21-16(26-17)12-8-4-5-9-14(12)23(24)25/h1-9,13,15H,10H2. The molecule has 1 heterocycles. The highest BCUT2D eigenvalue weighted by molar-refractivity contribution is 7.99. The largest absolute Gasteiger partial charge is 0.411 e. The van der Waals surface area contributed by atoms with Crippen LogP contribution in [0.1, 0.15) is 17.2 Å². The van der Waals surface area contributed by atoms with Crippen molar-refractivity contribution in [2.24, 2.45) is 5.92 Å². The second-order valence-electron chi connectivity index (χ2n) is 6.17. The highest BCUT2D eigenvalue weighted by atomic mass is 35.5. The van der Waals surface area contributed by atoms with Crippen LogP contribution in [-0.2, 0) is 0 Å². The van der Waals surface area contributed by atoms with Crippen molar-refractivity contribution in [3.63, 3.8) is 0 Å². The van der Waals surface area contributed by atoms with Gasteiger partial charge >= 0.3 is 0 Å². The molecule has 138 valence electrons. The fourth-order valence-corrected chi connectivity index (χ4v) is 4.83. The highest BCUT2D eigenvalue weighted by Gasteiger charge is 2.56. The van der Waals surface area contributed by atoms with E-state index >= 15 is 0 Å². The van der Waals surface area contributed by atoms with Gasteiger partial charge in [-0.25, -0.2) is 0 Å². The number of hydrogen-bond donors (Lipinski definition) is 0. The summed E-state index contributed by atoms with van der Waals surface area (Å²) in [7, 11) is 0. The Bertz CT molecular complexity index is 981. The Morgan fingerprint density at radius 3 is 2.48 bits per heavy atom. The van der Waals surface area contributed by atoms with Crippen LogP contribution in [-0.4, -0.2) is 19.5 Å². The molecule has 0 saturated heterocycles. The van der Waals surface area contributed by atoms with Crippen molar-refractivity contribution in [1.29, 1.82) is 0 Å². The summed E-state index contributed by atoms with van der Waals surface area (Å²) in [6, 6.07) is 16.1. The Balaban J connectivity index is 1.62. The Morgan fingerprint density at radius 2 is 1.81 bits per heavy atom. The second-order valence-corrected chi connectivity index (χ2v) is 8.80. The number of hydrogen-bond acceptors (Lipinski definition) is 6. The lowest BCUT2D eigenvalue weighted by Crippen LogP contribution is -2.02. The minimum Gasteiger partial charge on any atom is -0.411 e. The molecule has 4 rings (SSSR count). The summed E-state index contributed by atoms with van der Waals surface area (Å²) < 4.78 is 4.94. The molecular formula is C18H13Cl2N3O3S. The third kappa shape index (κ3) is 3.81. The van der Waals surface area contributed by atoms with Crippen LogP contribution in [0, 0.1) is 16.0 Å². The third-order valence-corrected chi connectivity index (χ3v) is 6.42. The third-order valence-electron chi connectivity index (χ3n) is 4.33. The molecule has 1 fully saturated rings. The summed E-state index contributed by atoms with van der Waals surface area (Å²) in [5, 5.41) is 19.5. The van der Waals surface area contributed by atoms with Crippen LogP contribution in [0.3, 0.4) is 0 Å². The van der Waals surface area contributed by atoms with Gasteiger partial charge in [-0.05, 0) is 18.1 Å². The Hall–Kier alpha value is -2.09. The van der Waals surface area contributed by atoms with E-state index in [2.05, 4.69) is 10.2 Å². The summed E-state index contributed by atoms with van der Waals surface area (Å²) in [6.07, 6.45) is 0.674. The maximum Gasteiger partial charge on any atom is 0.282 e. The average molecular weight is 422 g/mol. The van der Waals surface area contributed by atoms with Crippen LogP contribution in [0.25, 0.3) is 11.5 Å². The summed E-state index contributed by atoms with van der Waals surface area (Å²) in [4.78, 5) is 10.7. The van der Waals surface area contributed by atoms with Gasteiger partial charge in [-0.15, -0.1) is 33.4 Å². The maximum atomic E-state index is 11.2. The van der Waals surface area contributed by atoms with E-state index in [0.29, 0.717) is 11.6 Å². The number of rotatable bonds is 6. The van der Waals surface area contributed by atoms with Crippen molar-refractivity contribution in [1.82, 2.24) is 10.2 Å². The van der Waals surface area contributed by atoms with Crippen LogP contribution in [0.2, 0.25) is 0 Å². The van der Waals surface area contributed by atoms with Gasteiger partial charge in [0.2, 0.25) is 0 Å². The van der Waals surface area contributed by atoms with Crippen molar-refractivity contribution in [3.05, 3.63) is 70.3 Å². The van der Waals surface area contributed by atoms with Gasteiger partial charge in [0, 0.05) is 17.2 Å². The number of thioether (sulfide) groups is 1. The SMILES string of the molecule is O=[N+]([O-])c1ccccc1-c1nnc(SC(c2ccccc2)C2CC2(Cl)Cl)o1. The van der Waals surface area contributed by atoms with Crippen molar-refractivity contribution < 1.29 is 9.34 Å². The number of halogens is 2. The minimum absolute atomic E-state index is 0.0506. The van der Waals surface area contributed by atoms with E-state index in [9.17, 15) is 10.1 Å². The lowest BCUT2D eigenvalue weighted by Gasteiger charge is -2.15. The van der Waals surface area contributed by atoms with E-state index in [-0.39, 0.29) is 28.3 Å². The molecule has 0 amide bonds. The van der Waals surface area contributed by atoms with Crippen LogP contribution in [0.15, 0.2) is 64.2 Å². The first kappa shape index (κ1) is 18.3. The van der Waals surface area contributed by atoms with Crippen molar-refractivity contribution in [2.75, 3.05) is 0 Å². The van der Waals surface area contributed by atoms with E-state index in [0.717, 1.165) is 5.56 Å². The predicted octanol–water partition coefficient (Wildman–Crippen LogP) is 5.67. The lowest BCUT2D eigenvalue weighted by molar-refractivity contribution is -0.384. The van der Waals surface area contributed by atoms with Gasteiger partial charge in [-0.2, -0.15) is 0 Å². The van der Waals surface area contributed by atoms with E-state index in [1.165, 1.54) is 17.8 Å². The van der Waals surface area contributed by atoms with Crippen LogP contribution >= 0.6 is 35.0 Å². The van der Waals surface area contributed by atoms with Gasteiger partial charge < -0.3 is 4.42 Å². The highest BCUT2D eigenvalue weighted by Crippen LogP contribution is 2.63. The molecule has 1 aliphatic rings. The molecule has 0 aliphatic heterocycles. The topological polar surface area (TPSA) is 82.1 Å². The zero-order valence-electron chi connectivity index (χ0n) is 13.8. The average Bonchev–Trinajstić information content (AvgIpc) is 3.07. The number of nitro groups is 1. The van der Waals surface area contributed by atoms with Gasteiger partial charge in [0.25, 0.3) is 16.8 Å². The van der Waals surface area contributed by atoms with E-state index in [4.69, 9.17) is 27.6 Å². The number of nitro benzene ring substituents is 1. The van der Waals surface area contributed by atoms with E-state index < -0.39 is 9.26 Å². The molecule has 0 radical (unpaired) electrons. The molecule has 27 heavy (non-hydrogen) atoms. The summed E-state index contributed by atoms with van der Waals surface area (Å²) >= 11 is 13.9. The number of para-hydroxylation sites is 1. The minimum atomic E-state index is -0.769. The molecule has 1 aromatic heterocycles. The predicted molar refractivity (Wildman–Crippen MR) is 104 cm³/mol. The Morgan fingerprint density at radius 1 is 1.15 bits per heavy atom. The first-order valence-corrected chi connectivity index (χ1v) is 9.76. The molecule has 0 N–H and O–H groups in total. The molecule has 0 spiro atoms. The van der Waals surface area contributed by atoms with Crippen LogP contribution < -0.4 is 0 Å². The van der Waals surface area contributed by atoms with Gasteiger partial charge in [0.05, 0.1) is 4.92 Å². The normalized spacial score (nSPS) is 18.8. The quantitative estimate of drug-likeness (QED) is 0.220. The van der Waals surface area contributed by atoms with Gasteiger partial charge in [0.15, 0.2) is 0 Å². The van der Waals surface area contributed by atoms with Crippen LogP contribution in [0.4, 0.5) is 5.69 Å². The zero-order valence-corrected chi connectivity index (χ0v) is 16.1. The number of nitrogens with zero attached hydrogens (tertiary/aromatic N) is 3. The Labute approximate surface area is 169 Å². The fraction of sp³-hybridized carbons (Fsp3) is 0.222. The van der Waals surface area contributed by atoms with E-state index in [1.807, 2.05) is 30.3 Å². The molecule has 2 unspecified atom stereocenters. The summed E-state index contributed by atoms with van der Waals surface area (Å²) in [5.41, 5.74) is 1.26. The molecule has 6 nitrogen and oxygen atoms in total. The van der Waals surface area contributed by atoms with E-state index in [1.54, 1.807) is 18.2 Å². The molecule has 0 bridgehead atoms. The molecular weight excluding hydrogens is 409 g/mol. The summed E-state index contributed by atoms with van der Waals surface area (Å²) in [5.74, 6) is 0.157. The number of alkyl halides is 2. The smallest absolute Gasteiger partial charge is 0.282 e. The molecule has 1 saturated carbocycles. The number of benzene rings is 2. The van der Waals surface area contributed by atoms with Crippen molar-refractivity contribution in [2.45, 2.75) is 21.2 Å². The van der Waals surface area contributed by atoms with Gasteiger partial charge in [-0.3, -0.25) is 10.1 Å². The van der Waals surface area contributed by atoms with Crippen molar-refractivity contribution in [3.8, 4) is 11.5 Å². The first-order valence-electron chi connectivity index (χ1n) is 8.12. The number of aromatic nitrogens is 2. The molecule has 9 heteroatoms. The molecule has 3 aromatic rings. The lowest BCUT2D eigenvalue weighted by atomic mass is 10.1.